The summed E-state index contributed by atoms with van der Waals surface area (Å²) in [5.41, 5.74) is -0.752. The van der Waals surface area contributed by atoms with Gasteiger partial charge in [0.25, 0.3) is 0 Å². The Labute approximate surface area is 143 Å². The summed E-state index contributed by atoms with van der Waals surface area (Å²) in [5, 5.41) is 30.6. The number of carbonyl (C=O) groups is 3. The number of nitrogens with one attached hydrogen (secondary N) is 1. The molecule has 0 aromatic carbocycles. The van der Waals surface area contributed by atoms with Crippen molar-refractivity contribution >= 4 is 17.9 Å². The van der Waals surface area contributed by atoms with Crippen LogP contribution in [0.2, 0.25) is 0 Å². The molecule has 0 spiro atoms. The smallest absolute Gasteiger partial charge is 0.357 e. The molecule has 1 aromatic rings. The fraction of sp³-hybridized carbons (Fsp3) is 0.625. The highest BCUT2D eigenvalue weighted by atomic mass is 16.4. The Hall–Kier alpha value is -2.42. The second-order valence-corrected chi connectivity index (χ2v) is 6.94. The summed E-state index contributed by atoms with van der Waals surface area (Å²) in [4.78, 5) is 37.4. The van der Waals surface area contributed by atoms with Crippen molar-refractivity contribution in [3.63, 3.8) is 0 Å². The molecule has 0 radical (unpaired) electrons. The third-order valence-electron chi connectivity index (χ3n) is 5.41. The minimum atomic E-state index is -1.36. The maximum absolute atomic E-state index is 11.4. The van der Waals surface area contributed by atoms with Crippen molar-refractivity contribution < 1.29 is 29.7 Å². The van der Waals surface area contributed by atoms with Crippen LogP contribution in [0.4, 0.5) is 0 Å². The van der Waals surface area contributed by atoms with Gasteiger partial charge in [-0.05, 0) is 50.0 Å². The molecule has 4 N–H and O–H groups in total. The minimum absolute atomic E-state index is 0.183. The van der Waals surface area contributed by atoms with Crippen LogP contribution in [0.25, 0.3) is 0 Å². The van der Waals surface area contributed by atoms with Crippen LogP contribution >= 0.6 is 0 Å². The molecule has 9 nitrogen and oxygen atoms in total. The molecule has 1 aromatic heterocycles. The summed E-state index contributed by atoms with van der Waals surface area (Å²) in [5.74, 6) is -2.59. The largest absolute Gasteiger partial charge is 0.480 e. The number of imidazole rings is 1. The van der Waals surface area contributed by atoms with Gasteiger partial charge in [-0.2, -0.15) is 0 Å². The van der Waals surface area contributed by atoms with E-state index in [0.717, 1.165) is 19.3 Å². The van der Waals surface area contributed by atoms with E-state index in [-0.39, 0.29) is 17.5 Å². The molecule has 0 amide bonds. The summed E-state index contributed by atoms with van der Waals surface area (Å²) in [7, 11) is 0. The van der Waals surface area contributed by atoms with Gasteiger partial charge in [0, 0.05) is 6.54 Å². The van der Waals surface area contributed by atoms with Crippen molar-refractivity contribution in [1.82, 2.24) is 14.9 Å². The lowest BCUT2D eigenvalue weighted by molar-refractivity contribution is -0.141. The van der Waals surface area contributed by atoms with Crippen LogP contribution in [0.15, 0.2) is 6.33 Å². The summed E-state index contributed by atoms with van der Waals surface area (Å²) in [6, 6.07) is -0.526. The molecular formula is C16H21N3O6. The van der Waals surface area contributed by atoms with Gasteiger partial charge in [-0.25, -0.2) is 14.6 Å². The number of fused-ring (bicyclic) bond motifs is 1. The number of hydrogen-bond donors (Lipinski definition) is 4. The van der Waals surface area contributed by atoms with Gasteiger partial charge in [0.2, 0.25) is 0 Å². The summed E-state index contributed by atoms with van der Waals surface area (Å²) in [6.45, 7) is 1.08. The molecule has 9 heteroatoms. The van der Waals surface area contributed by atoms with Crippen molar-refractivity contribution in [1.29, 1.82) is 0 Å². The lowest BCUT2D eigenvalue weighted by Gasteiger charge is -2.41. The van der Waals surface area contributed by atoms with Gasteiger partial charge in [-0.1, -0.05) is 0 Å². The Bertz CT molecular complexity index is 700. The van der Waals surface area contributed by atoms with Crippen LogP contribution in [0.1, 0.15) is 46.7 Å². The lowest BCUT2D eigenvalue weighted by atomic mass is 9.69. The van der Waals surface area contributed by atoms with E-state index < -0.39 is 29.6 Å². The Balaban J connectivity index is 1.71. The first-order chi connectivity index (χ1) is 11.9. The van der Waals surface area contributed by atoms with Crippen LogP contribution in [-0.4, -0.2) is 55.4 Å². The van der Waals surface area contributed by atoms with Gasteiger partial charge in [-0.3, -0.25) is 4.79 Å². The average Bonchev–Trinajstić information content (AvgIpc) is 2.98. The zero-order valence-corrected chi connectivity index (χ0v) is 13.6. The van der Waals surface area contributed by atoms with Crippen LogP contribution in [0, 0.1) is 17.8 Å². The first kappa shape index (κ1) is 17.4. The zero-order chi connectivity index (χ0) is 18.1. The Kier molecular flexibility index (Phi) is 4.76. The minimum Gasteiger partial charge on any atom is -0.480 e. The monoisotopic (exact) mass is 351 g/mol. The number of aromatic nitrogens is 2. The molecule has 1 aliphatic carbocycles. The zero-order valence-electron chi connectivity index (χ0n) is 13.6. The molecule has 1 aliphatic heterocycles. The van der Waals surface area contributed by atoms with Gasteiger partial charge in [0.15, 0.2) is 11.4 Å². The van der Waals surface area contributed by atoms with E-state index in [0.29, 0.717) is 25.4 Å². The highest BCUT2D eigenvalue weighted by Gasteiger charge is 2.38. The third-order valence-corrected chi connectivity index (χ3v) is 5.41. The quantitative estimate of drug-likeness (QED) is 0.609. The number of hydrogen-bond acceptors (Lipinski definition) is 5. The number of rotatable bonds is 5. The van der Waals surface area contributed by atoms with Gasteiger partial charge < -0.3 is 25.2 Å². The van der Waals surface area contributed by atoms with E-state index in [9.17, 15) is 24.6 Å². The molecule has 2 aliphatic rings. The summed E-state index contributed by atoms with van der Waals surface area (Å²) < 4.78 is 1.40. The van der Waals surface area contributed by atoms with E-state index >= 15 is 0 Å². The van der Waals surface area contributed by atoms with Crippen LogP contribution in [0.5, 0.6) is 0 Å². The van der Waals surface area contributed by atoms with Crippen molar-refractivity contribution in [3.8, 4) is 0 Å². The number of nitrogens with zero attached hydrogens (tertiary/aromatic N) is 2. The fourth-order valence-corrected chi connectivity index (χ4v) is 4.19. The van der Waals surface area contributed by atoms with Gasteiger partial charge in [0.1, 0.15) is 6.04 Å². The predicted molar refractivity (Wildman–Crippen MR) is 84.5 cm³/mol. The van der Waals surface area contributed by atoms with Crippen LogP contribution < -0.4 is 5.32 Å². The highest BCUT2D eigenvalue weighted by Crippen LogP contribution is 2.39. The standard InChI is InChI=1S/C16H21N3O6/c20-14(21)11-4-10-3-8(1-2-9(10)5-17-11)6-19-7-18-12(15(22)23)13(19)16(24)25/h7-11,17H,1-6H2,(H,20,21)(H,22,23)(H,24,25)/t8-,9-,10+,11-/m0/s1. The third kappa shape index (κ3) is 3.51. The maximum atomic E-state index is 11.4. The summed E-state index contributed by atoms with van der Waals surface area (Å²) in [6.07, 6.45) is 4.52. The van der Waals surface area contributed by atoms with E-state index in [1.54, 1.807) is 0 Å². The number of piperidine rings is 1. The predicted octanol–water partition coefficient (Wildman–Crippen LogP) is 0.758. The van der Waals surface area contributed by atoms with Gasteiger partial charge in [-0.15, -0.1) is 0 Å². The van der Waals surface area contributed by atoms with E-state index in [2.05, 4.69) is 10.3 Å². The topological polar surface area (TPSA) is 142 Å². The average molecular weight is 351 g/mol. The molecular weight excluding hydrogens is 330 g/mol. The van der Waals surface area contributed by atoms with Crippen molar-refractivity contribution in [2.45, 2.75) is 38.3 Å². The molecule has 1 saturated heterocycles. The molecule has 4 atom stereocenters. The first-order valence-corrected chi connectivity index (χ1v) is 8.34. The number of aliphatic carboxylic acids is 1. The molecule has 0 unspecified atom stereocenters. The van der Waals surface area contributed by atoms with Crippen molar-refractivity contribution in [2.24, 2.45) is 17.8 Å². The first-order valence-electron chi connectivity index (χ1n) is 8.34. The highest BCUT2D eigenvalue weighted by molar-refractivity contribution is 5.99. The molecule has 136 valence electrons. The fourth-order valence-electron chi connectivity index (χ4n) is 4.19. The molecule has 0 bridgehead atoms. The molecule has 1 saturated carbocycles. The number of aromatic carboxylic acids is 2. The van der Waals surface area contributed by atoms with Crippen LogP contribution in [0.3, 0.4) is 0 Å². The van der Waals surface area contributed by atoms with Gasteiger partial charge in [0.05, 0.1) is 6.33 Å². The second kappa shape index (κ2) is 6.83. The van der Waals surface area contributed by atoms with Crippen molar-refractivity contribution in [2.75, 3.05) is 6.54 Å². The lowest BCUT2D eigenvalue weighted by Crippen LogP contribution is -2.49. The van der Waals surface area contributed by atoms with Gasteiger partial charge >= 0.3 is 17.9 Å². The Morgan fingerprint density at radius 1 is 1.12 bits per heavy atom. The normalized spacial score (nSPS) is 29.0. The number of carboxylic acids is 3. The molecule has 2 fully saturated rings. The van der Waals surface area contributed by atoms with E-state index in [1.165, 1.54) is 10.9 Å². The maximum Gasteiger partial charge on any atom is 0.357 e. The second-order valence-electron chi connectivity index (χ2n) is 6.94. The van der Waals surface area contributed by atoms with E-state index in [4.69, 9.17) is 5.11 Å². The SMILES string of the molecule is O=C(O)c1ncn(C[C@H]2CC[C@H]3CN[C@H](C(=O)O)C[C@H]3C2)c1C(=O)O. The molecule has 25 heavy (non-hydrogen) atoms. The molecule has 2 heterocycles. The number of carboxylic acid groups (broad SMARTS) is 3. The van der Waals surface area contributed by atoms with E-state index in [1.807, 2.05) is 0 Å². The summed E-state index contributed by atoms with van der Waals surface area (Å²) >= 11 is 0. The Morgan fingerprint density at radius 2 is 1.88 bits per heavy atom. The Morgan fingerprint density at radius 3 is 2.52 bits per heavy atom. The molecule has 3 rings (SSSR count). The van der Waals surface area contributed by atoms with Crippen molar-refractivity contribution in [3.05, 3.63) is 17.7 Å². The van der Waals surface area contributed by atoms with Crippen LogP contribution in [-0.2, 0) is 11.3 Å².